The van der Waals surface area contributed by atoms with Crippen LogP contribution in [0.4, 0.5) is 0 Å². The Morgan fingerprint density at radius 1 is 1.50 bits per heavy atom. The maximum absolute atomic E-state index is 9.02. The zero-order valence-electron chi connectivity index (χ0n) is 9.66. The van der Waals surface area contributed by atoms with Crippen molar-refractivity contribution in [3.8, 4) is 0 Å². The smallest absolute Gasteiger partial charge is 0.120 e. The van der Waals surface area contributed by atoms with Gasteiger partial charge in [0.1, 0.15) is 5.76 Å². The maximum atomic E-state index is 9.02. The zero-order chi connectivity index (χ0) is 10.7. The molecule has 2 N–H and O–H groups in total. The van der Waals surface area contributed by atoms with Gasteiger partial charge in [0.25, 0.3) is 0 Å². The first-order valence-electron chi connectivity index (χ1n) is 5.65. The Hall–Kier alpha value is -0.510. The Labute approximate surface area is 103 Å². The maximum Gasteiger partial charge on any atom is 0.120 e. The largest absolute Gasteiger partial charge is 0.468 e. The molecule has 0 bridgehead atoms. The summed E-state index contributed by atoms with van der Waals surface area (Å²) in [6.07, 6.45) is 6.20. The summed E-state index contributed by atoms with van der Waals surface area (Å²) in [5.74, 6) is 1.01. The highest BCUT2D eigenvalue weighted by Gasteiger charge is 2.35. The van der Waals surface area contributed by atoms with Crippen molar-refractivity contribution in [2.75, 3.05) is 6.61 Å². The van der Waals surface area contributed by atoms with E-state index >= 15 is 0 Å². The Bertz CT molecular complexity index is 321. The van der Waals surface area contributed by atoms with Crippen LogP contribution in [-0.2, 0) is 6.54 Å². The number of hydrogen-bond donors (Lipinski definition) is 2. The van der Waals surface area contributed by atoms with Gasteiger partial charge in [-0.3, -0.25) is 0 Å². The van der Waals surface area contributed by atoms with Crippen molar-refractivity contribution in [3.63, 3.8) is 0 Å². The SMILES string of the molecule is Cc1ccoc1CNC1(CCO)CCC1.Cl. The highest BCUT2D eigenvalue weighted by atomic mass is 35.5. The van der Waals surface area contributed by atoms with Crippen LogP contribution in [0.2, 0.25) is 0 Å². The molecule has 0 aliphatic heterocycles. The molecule has 1 aliphatic carbocycles. The van der Waals surface area contributed by atoms with Crippen LogP contribution < -0.4 is 5.32 Å². The summed E-state index contributed by atoms with van der Waals surface area (Å²) < 4.78 is 5.38. The lowest BCUT2D eigenvalue weighted by atomic mass is 9.74. The average Bonchev–Trinajstić information content (AvgIpc) is 2.56. The van der Waals surface area contributed by atoms with Gasteiger partial charge in [0.2, 0.25) is 0 Å². The van der Waals surface area contributed by atoms with Gasteiger partial charge in [-0.2, -0.15) is 0 Å². The van der Waals surface area contributed by atoms with Gasteiger partial charge >= 0.3 is 0 Å². The molecule has 0 amide bonds. The van der Waals surface area contributed by atoms with Crippen molar-refractivity contribution in [2.45, 2.75) is 44.7 Å². The van der Waals surface area contributed by atoms with Crippen molar-refractivity contribution in [1.82, 2.24) is 5.32 Å². The molecular weight excluding hydrogens is 226 g/mol. The molecule has 2 rings (SSSR count). The second kappa shape index (κ2) is 5.71. The van der Waals surface area contributed by atoms with Crippen molar-refractivity contribution in [1.29, 1.82) is 0 Å². The fraction of sp³-hybridized carbons (Fsp3) is 0.667. The van der Waals surface area contributed by atoms with Crippen LogP contribution in [0.5, 0.6) is 0 Å². The number of rotatable bonds is 5. The minimum Gasteiger partial charge on any atom is -0.468 e. The van der Waals surface area contributed by atoms with Gasteiger partial charge in [0, 0.05) is 12.1 Å². The molecule has 3 nitrogen and oxygen atoms in total. The van der Waals surface area contributed by atoms with Crippen LogP contribution in [-0.4, -0.2) is 17.3 Å². The van der Waals surface area contributed by atoms with E-state index in [4.69, 9.17) is 9.52 Å². The van der Waals surface area contributed by atoms with Crippen molar-refractivity contribution in [2.24, 2.45) is 0 Å². The van der Waals surface area contributed by atoms with Crippen molar-refractivity contribution >= 4 is 12.4 Å². The fourth-order valence-electron chi connectivity index (χ4n) is 2.19. The van der Waals surface area contributed by atoms with Crippen molar-refractivity contribution < 1.29 is 9.52 Å². The third-order valence-corrected chi connectivity index (χ3v) is 3.49. The normalized spacial score (nSPS) is 17.6. The van der Waals surface area contributed by atoms with E-state index in [9.17, 15) is 0 Å². The molecule has 1 heterocycles. The van der Waals surface area contributed by atoms with Gasteiger partial charge in [-0.15, -0.1) is 12.4 Å². The molecule has 1 fully saturated rings. The summed E-state index contributed by atoms with van der Waals surface area (Å²) in [4.78, 5) is 0. The Balaban J connectivity index is 0.00000128. The molecule has 92 valence electrons. The summed E-state index contributed by atoms with van der Waals surface area (Å²) >= 11 is 0. The summed E-state index contributed by atoms with van der Waals surface area (Å²) in [6, 6.07) is 1.98. The number of halogens is 1. The van der Waals surface area contributed by atoms with Crippen LogP contribution in [0.1, 0.15) is 37.0 Å². The Morgan fingerprint density at radius 2 is 2.25 bits per heavy atom. The third kappa shape index (κ3) is 2.78. The lowest BCUT2D eigenvalue weighted by Gasteiger charge is -2.42. The molecule has 4 heteroatoms. The summed E-state index contributed by atoms with van der Waals surface area (Å²) in [5.41, 5.74) is 1.37. The molecule has 1 saturated carbocycles. The molecule has 0 atom stereocenters. The molecule has 0 unspecified atom stereocenters. The number of aliphatic hydroxyl groups is 1. The first-order chi connectivity index (χ1) is 7.26. The molecule has 0 saturated heterocycles. The number of furan rings is 1. The standard InChI is InChI=1S/C12H19NO2.ClH/c1-10-3-8-15-11(10)9-13-12(6-7-14)4-2-5-12;/h3,8,13-14H,2,4-7,9H2,1H3;1H. The topological polar surface area (TPSA) is 45.4 Å². The summed E-state index contributed by atoms with van der Waals surface area (Å²) in [7, 11) is 0. The number of nitrogens with one attached hydrogen (secondary N) is 1. The van der Waals surface area contributed by atoms with Gasteiger partial charge in [0.05, 0.1) is 12.8 Å². The van der Waals surface area contributed by atoms with Gasteiger partial charge in [-0.05, 0) is 44.2 Å². The van der Waals surface area contributed by atoms with E-state index < -0.39 is 0 Å². The molecule has 0 radical (unpaired) electrons. The summed E-state index contributed by atoms with van der Waals surface area (Å²) in [5, 5.41) is 12.5. The lowest BCUT2D eigenvalue weighted by molar-refractivity contribution is 0.127. The molecule has 0 aromatic carbocycles. The highest BCUT2D eigenvalue weighted by Crippen LogP contribution is 2.35. The van der Waals surface area contributed by atoms with E-state index in [0.717, 1.165) is 18.7 Å². The molecule has 1 aromatic heterocycles. The van der Waals surface area contributed by atoms with Crippen LogP contribution >= 0.6 is 12.4 Å². The van der Waals surface area contributed by atoms with Crippen LogP contribution in [0.15, 0.2) is 16.7 Å². The first kappa shape index (κ1) is 13.6. The second-order valence-electron chi connectivity index (χ2n) is 4.49. The quantitative estimate of drug-likeness (QED) is 0.838. The molecule has 0 spiro atoms. The minimum absolute atomic E-state index is 0. The predicted molar refractivity (Wildman–Crippen MR) is 65.8 cm³/mol. The van der Waals surface area contributed by atoms with E-state index in [1.165, 1.54) is 24.8 Å². The number of aryl methyl sites for hydroxylation is 1. The zero-order valence-corrected chi connectivity index (χ0v) is 10.5. The molecule has 1 aromatic rings. The van der Waals surface area contributed by atoms with Gasteiger partial charge in [-0.1, -0.05) is 0 Å². The van der Waals surface area contributed by atoms with Gasteiger partial charge in [0.15, 0.2) is 0 Å². The van der Waals surface area contributed by atoms with Crippen molar-refractivity contribution in [3.05, 3.63) is 23.7 Å². The number of aliphatic hydroxyl groups excluding tert-OH is 1. The van der Waals surface area contributed by atoms with Gasteiger partial charge < -0.3 is 14.8 Å². The van der Waals surface area contributed by atoms with E-state index in [-0.39, 0.29) is 24.6 Å². The number of hydrogen-bond acceptors (Lipinski definition) is 3. The Kier molecular flexibility index (Phi) is 4.84. The molecule has 1 aliphatic rings. The lowest BCUT2D eigenvalue weighted by Crippen LogP contribution is -2.51. The molecule has 16 heavy (non-hydrogen) atoms. The summed E-state index contributed by atoms with van der Waals surface area (Å²) in [6.45, 7) is 3.10. The monoisotopic (exact) mass is 245 g/mol. The highest BCUT2D eigenvalue weighted by molar-refractivity contribution is 5.85. The van der Waals surface area contributed by atoms with Crippen LogP contribution in [0, 0.1) is 6.92 Å². The van der Waals surface area contributed by atoms with Crippen LogP contribution in [0.3, 0.4) is 0 Å². The molecular formula is C12H20ClNO2. The van der Waals surface area contributed by atoms with E-state index in [1.54, 1.807) is 6.26 Å². The van der Waals surface area contributed by atoms with E-state index in [1.807, 2.05) is 6.07 Å². The van der Waals surface area contributed by atoms with Crippen LogP contribution in [0.25, 0.3) is 0 Å². The minimum atomic E-state index is 0. The second-order valence-corrected chi connectivity index (χ2v) is 4.49. The fourth-order valence-corrected chi connectivity index (χ4v) is 2.19. The predicted octanol–water partition coefficient (Wildman–Crippen LogP) is 2.40. The van der Waals surface area contributed by atoms with E-state index in [0.29, 0.717) is 0 Å². The van der Waals surface area contributed by atoms with E-state index in [2.05, 4.69) is 12.2 Å². The Morgan fingerprint density at radius 3 is 2.69 bits per heavy atom. The average molecular weight is 246 g/mol. The van der Waals surface area contributed by atoms with Gasteiger partial charge in [-0.25, -0.2) is 0 Å². The third-order valence-electron chi connectivity index (χ3n) is 3.49. The first-order valence-corrected chi connectivity index (χ1v) is 5.65.